The van der Waals surface area contributed by atoms with Gasteiger partial charge in [-0.1, -0.05) is 18.2 Å². The summed E-state index contributed by atoms with van der Waals surface area (Å²) in [5.74, 6) is -0.127. The standard InChI is InChI=1S/C31H29FN4O2/c32-26-7-5-22(6-8-26)30-29(21-9-12-33-13-10-21)28(17-34-30)24-11-14-36-18-25(16-27(36)15-24)20-1-3-23(4-2-20)31(38)35-19-37/h1-10,12-13,15,17,25,27,34,37H,11,14,16,18-19H2,(H,35,38). The van der Waals surface area contributed by atoms with Crippen LogP contribution in [0.3, 0.4) is 0 Å². The molecule has 2 aliphatic rings. The first-order valence-electron chi connectivity index (χ1n) is 12.9. The van der Waals surface area contributed by atoms with Crippen LogP contribution in [-0.4, -0.2) is 51.7 Å². The molecule has 0 aliphatic carbocycles. The molecule has 0 bridgehead atoms. The Hall–Kier alpha value is -4.07. The fourth-order valence-electron chi connectivity index (χ4n) is 5.83. The van der Waals surface area contributed by atoms with Crippen LogP contribution in [-0.2, 0) is 0 Å². The van der Waals surface area contributed by atoms with Crippen LogP contribution in [0.25, 0.3) is 28.0 Å². The average molecular weight is 509 g/mol. The quantitative estimate of drug-likeness (QED) is 0.313. The molecule has 7 heteroatoms. The smallest absolute Gasteiger partial charge is 0.253 e. The molecule has 6 nitrogen and oxygen atoms in total. The number of carbonyl (C=O) groups excluding carboxylic acids is 1. The van der Waals surface area contributed by atoms with Gasteiger partial charge in [-0.25, -0.2) is 4.39 Å². The molecule has 0 radical (unpaired) electrons. The zero-order chi connectivity index (χ0) is 26.1. The highest BCUT2D eigenvalue weighted by Crippen LogP contribution is 2.42. The van der Waals surface area contributed by atoms with E-state index in [1.54, 1.807) is 12.4 Å². The minimum atomic E-state index is -0.371. The van der Waals surface area contributed by atoms with Crippen molar-refractivity contribution in [3.63, 3.8) is 0 Å². The minimum Gasteiger partial charge on any atom is -0.376 e. The van der Waals surface area contributed by atoms with Crippen LogP contribution in [0.15, 0.2) is 85.3 Å². The van der Waals surface area contributed by atoms with Gasteiger partial charge in [0.15, 0.2) is 0 Å². The van der Waals surface area contributed by atoms with E-state index in [9.17, 15) is 9.18 Å². The zero-order valence-electron chi connectivity index (χ0n) is 20.9. The number of aromatic nitrogens is 2. The third kappa shape index (κ3) is 4.66. The van der Waals surface area contributed by atoms with E-state index in [2.05, 4.69) is 32.5 Å². The van der Waals surface area contributed by atoms with Crippen molar-refractivity contribution in [1.82, 2.24) is 20.2 Å². The number of hydrogen-bond acceptors (Lipinski definition) is 4. The van der Waals surface area contributed by atoms with Crippen LogP contribution in [0.5, 0.6) is 0 Å². The number of halogens is 1. The molecular formula is C31H29FN4O2. The van der Waals surface area contributed by atoms with Crippen LogP contribution < -0.4 is 5.32 Å². The maximum atomic E-state index is 13.6. The highest BCUT2D eigenvalue weighted by molar-refractivity contribution is 5.94. The molecule has 0 saturated carbocycles. The van der Waals surface area contributed by atoms with E-state index in [1.165, 1.54) is 28.8 Å². The van der Waals surface area contributed by atoms with Crippen molar-refractivity contribution in [2.24, 2.45) is 0 Å². The molecule has 1 amide bonds. The van der Waals surface area contributed by atoms with Gasteiger partial charge in [-0.15, -0.1) is 0 Å². The van der Waals surface area contributed by atoms with Gasteiger partial charge in [0, 0.05) is 54.4 Å². The molecular weight excluding hydrogens is 479 g/mol. The van der Waals surface area contributed by atoms with Crippen molar-refractivity contribution in [2.45, 2.75) is 24.8 Å². The molecule has 6 rings (SSSR count). The topological polar surface area (TPSA) is 81.2 Å². The van der Waals surface area contributed by atoms with E-state index >= 15 is 0 Å². The lowest BCUT2D eigenvalue weighted by molar-refractivity contribution is 0.0910. The molecule has 1 saturated heterocycles. The number of aliphatic hydroxyl groups is 1. The maximum Gasteiger partial charge on any atom is 0.253 e. The summed E-state index contributed by atoms with van der Waals surface area (Å²) in [5, 5.41) is 11.4. The van der Waals surface area contributed by atoms with Crippen molar-refractivity contribution in [3.05, 3.63) is 108 Å². The monoisotopic (exact) mass is 508 g/mol. The summed E-state index contributed by atoms with van der Waals surface area (Å²) in [4.78, 5) is 22.2. The first kappa shape index (κ1) is 24.3. The van der Waals surface area contributed by atoms with Crippen LogP contribution in [0, 0.1) is 5.82 Å². The lowest BCUT2D eigenvalue weighted by Crippen LogP contribution is -2.32. The van der Waals surface area contributed by atoms with Gasteiger partial charge in [0.2, 0.25) is 0 Å². The van der Waals surface area contributed by atoms with Gasteiger partial charge in [-0.05, 0) is 89.6 Å². The van der Waals surface area contributed by atoms with Crippen LogP contribution >= 0.6 is 0 Å². The molecule has 2 aromatic carbocycles. The molecule has 0 spiro atoms. The number of aromatic amines is 1. The summed E-state index contributed by atoms with van der Waals surface area (Å²) in [6, 6.07) is 18.7. The van der Waals surface area contributed by atoms with Gasteiger partial charge < -0.3 is 15.4 Å². The summed E-state index contributed by atoms with van der Waals surface area (Å²) in [6.45, 7) is 1.60. The highest BCUT2D eigenvalue weighted by atomic mass is 19.1. The predicted molar refractivity (Wildman–Crippen MR) is 146 cm³/mol. The number of benzene rings is 2. The Morgan fingerprint density at radius 3 is 2.55 bits per heavy atom. The van der Waals surface area contributed by atoms with Crippen molar-refractivity contribution in [3.8, 4) is 22.4 Å². The lowest BCUT2D eigenvalue weighted by atomic mass is 9.90. The summed E-state index contributed by atoms with van der Waals surface area (Å²) in [6.07, 6.45) is 10.1. The Kier molecular flexibility index (Phi) is 6.62. The van der Waals surface area contributed by atoms with Crippen molar-refractivity contribution >= 4 is 11.5 Å². The van der Waals surface area contributed by atoms with Crippen molar-refractivity contribution < 1.29 is 14.3 Å². The van der Waals surface area contributed by atoms with E-state index in [4.69, 9.17) is 5.11 Å². The van der Waals surface area contributed by atoms with Crippen LogP contribution in [0.4, 0.5) is 4.39 Å². The third-order valence-corrected chi connectivity index (χ3v) is 7.72. The van der Waals surface area contributed by atoms with E-state index in [-0.39, 0.29) is 18.5 Å². The highest BCUT2D eigenvalue weighted by Gasteiger charge is 2.34. The summed E-state index contributed by atoms with van der Waals surface area (Å²) >= 11 is 0. The number of H-pyrrole nitrogens is 1. The predicted octanol–water partition coefficient (Wildman–Crippen LogP) is 5.21. The normalized spacial score (nSPS) is 19.2. The Bertz CT molecular complexity index is 1460. The number of pyridine rings is 1. The molecule has 2 unspecified atom stereocenters. The fourth-order valence-corrected chi connectivity index (χ4v) is 5.83. The number of fused-ring (bicyclic) bond motifs is 1. The first-order valence-corrected chi connectivity index (χ1v) is 12.9. The Balaban J connectivity index is 1.29. The molecule has 4 aromatic rings. The minimum absolute atomic E-state index is 0.250. The summed E-state index contributed by atoms with van der Waals surface area (Å²) in [5.41, 5.74) is 8.39. The van der Waals surface area contributed by atoms with Crippen LogP contribution in [0.2, 0.25) is 0 Å². The molecule has 1 fully saturated rings. The molecule has 192 valence electrons. The van der Waals surface area contributed by atoms with Gasteiger partial charge in [0.25, 0.3) is 5.91 Å². The van der Waals surface area contributed by atoms with Gasteiger partial charge in [0.05, 0.1) is 5.69 Å². The summed E-state index contributed by atoms with van der Waals surface area (Å²) in [7, 11) is 0. The van der Waals surface area contributed by atoms with E-state index in [0.717, 1.165) is 48.3 Å². The molecule has 3 N–H and O–H groups in total. The van der Waals surface area contributed by atoms with Crippen molar-refractivity contribution in [2.75, 3.05) is 19.8 Å². The molecule has 4 heterocycles. The van der Waals surface area contributed by atoms with E-state index in [0.29, 0.717) is 17.5 Å². The largest absolute Gasteiger partial charge is 0.376 e. The second kappa shape index (κ2) is 10.4. The number of nitrogens with one attached hydrogen (secondary N) is 2. The second-order valence-corrected chi connectivity index (χ2v) is 9.92. The average Bonchev–Trinajstić information content (AvgIpc) is 3.59. The number of rotatable bonds is 6. The third-order valence-electron chi connectivity index (χ3n) is 7.72. The molecule has 38 heavy (non-hydrogen) atoms. The SMILES string of the molecule is O=C(NCO)c1ccc(C2CC3C=C(c4c[nH]c(-c5ccc(F)cc5)c4-c4ccncc4)CCN3C2)cc1. The first-order chi connectivity index (χ1) is 18.6. The van der Waals surface area contributed by atoms with E-state index in [1.807, 2.05) is 48.5 Å². The van der Waals surface area contributed by atoms with Gasteiger partial charge in [0.1, 0.15) is 12.5 Å². The number of nitrogens with zero attached hydrogens (tertiary/aromatic N) is 2. The maximum absolute atomic E-state index is 13.6. The van der Waals surface area contributed by atoms with E-state index < -0.39 is 0 Å². The number of hydrogen-bond donors (Lipinski definition) is 3. The van der Waals surface area contributed by atoms with Gasteiger partial charge in [-0.2, -0.15) is 0 Å². The molecule has 2 aliphatic heterocycles. The Morgan fingerprint density at radius 2 is 1.82 bits per heavy atom. The fraction of sp³-hybridized carbons (Fsp3) is 0.226. The zero-order valence-corrected chi connectivity index (χ0v) is 20.9. The van der Waals surface area contributed by atoms with Gasteiger partial charge >= 0.3 is 0 Å². The van der Waals surface area contributed by atoms with Crippen LogP contribution in [0.1, 0.15) is 40.2 Å². The number of aliphatic hydroxyl groups excluding tert-OH is 1. The molecule has 2 aromatic heterocycles. The molecule has 2 atom stereocenters. The number of carbonyl (C=O) groups is 1. The van der Waals surface area contributed by atoms with Crippen molar-refractivity contribution in [1.29, 1.82) is 0 Å². The number of amides is 1. The second-order valence-electron chi connectivity index (χ2n) is 9.92. The Morgan fingerprint density at radius 1 is 1.05 bits per heavy atom. The lowest BCUT2D eigenvalue weighted by Gasteiger charge is -2.28. The Labute approximate surface area is 220 Å². The summed E-state index contributed by atoms with van der Waals surface area (Å²) < 4.78 is 13.6. The van der Waals surface area contributed by atoms with Gasteiger partial charge in [-0.3, -0.25) is 14.7 Å².